The largest absolute Gasteiger partial charge is 0.387 e. The Bertz CT molecular complexity index is 483. The van der Waals surface area contributed by atoms with Crippen LogP contribution in [0.15, 0.2) is 41.1 Å². The highest BCUT2D eigenvalue weighted by Gasteiger charge is 2.10. The zero-order valence-electron chi connectivity index (χ0n) is 10.8. The van der Waals surface area contributed by atoms with E-state index in [1.165, 1.54) is 12.1 Å². The van der Waals surface area contributed by atoms with Crippen LogP contribution >= 0.6 is 11.3 Å². The van der Waals surface area contributed by atoms with E-state index in [0.717, 1.165) is 17.5 Å². The second-order valence-corrected chi connectivity index (χ2v) is 5.49. The molecule has 0 unspecified atom stereocenters. The van der Waals surface area contributed by atoms with Crippen molar-refractivity contribution >= 4 is 11.3 Å². The van der Waals surface area contributed by atoms with Crippen molar-refractivity contribution < 1.29 is 9.50 Å². The third-order valence-corrected chi connectivity index (χ3v) is 3.74. The smallest absolute Gasteiger partial charge is 0.123 e. The summed E-state index contributed by atoms with van der Waals surface area (Å²) in [6.07, 6.45) is 0.346. The van der Waals surface area contributed by atoms with E-state index in [2.05, 4.69) is 12.2 Å². The van der Waals surface area contributed by atoms with Gasteiger partial charge in [0, 0.05) is 12.6 Å². The van der Waals surface area contributed by atoms with Crippen LogP contribution in [0.2, 0.25) is 0 Å². The van der Waals surface area contributed by atoms with Crippen molar-refractivity contribution in [2.45, 2.75) is 25.5 Å². The Kier molecular flexibility index (Phi) is 5.07. The average Bonchev–Trinajstić information content (AvgIpc) is 2.93. The molecule has 102 valence electrons. The quantitative estimate of drug-likeness (QED) is 0.851. The summed E-state index contributed by atoms with van der Waals surface area (Å²) in [6.45, 7) is 2.59. The molecule has 0 fully saturated rings. The molecule has 2 rings (SSSR count). The standard InChI is InChI=1S/C15H18FNOS/c1-11(8-12-2-4-14(16)5-3-12)17-9-15(18)13-6-7-19-10-13/h2-7,10-11,15,17-18H,8-9H2,1H3/t11-,15+/m1/s1. The van der Waals surface area contributed by atoms with E-state index in [0.29, 0.717) is 6.54 Å². The summed E-state index contributed by atoms with van der Waals surface area (Å²) in [5, 5.41) is 17.2. The molecule has 0 amide bonds. The minimum absolute atomic E-state index is 0.211. The molecule has 0 spiro atoms. The molecule has 2 nitrogen and oxygen atoms in total. The van der Waals surface area contributed by atoms with Crippen LogP contribution < -0.4 is 5.32 Å². The number of aliphatic hydroxyl groups excluding tert-OH is 1. The third-order valence-electron chi connectivity index (χ3n) is 3.04. The molecule has 2 N–H and O–H groups in total. The van der Waals surface area contributed by atoms with Crippen LogP contribution in [0.4, 0.5) is 4.39 Å². The fourth-order valence-electron chi connectivity index (χ4n) is 1.94. The van der Waals surface area contributed by atoms with Gasteiger partial charge in [-0.25, -0.2) is 4.39 Å². The summed E-state index contributed by atoms with van der Waals surface area (Å²) >= 11 is 1.58. The van der Waals surface area contributed by atoms with Gasteiger partial charge >= 0.3 is 0 Å². The minimum Gasteiger partial charge on any atom is -0.387 e. The highest BCUT2D eigenvalue weighted by Crippen LogP contribution is 2.15. The molecule has 1 aromatic heterocycles. The number of aliphatic hydroxyl groups is 1. The normalized spacial score (nSPS) is 14.3. The predicted octanol–water partition coefficient (Wildman–Crippen LogP) is 3.14. The Morgan fingerprint density at radius 2 is 2.00 bits per heavy atom. The lowest BCUT2D eigenvalue weighted by Gasteiger charge is -2.16. The molecule has 0 aliphatic carbocycles. The van der Waals surface area contributed by atoms with Crippen molar-refractivity contribution in [1.82, 2.24) is 5.32 Å². The number of nitrogens with one attached hydrogen (secondary N) is 1. The van der Waals surface area contributed by atoms with Crippen molar-refractivity contribution in [1.29, 1.82) is 0 Å². The van der Waals surface area contributed by atoms with Crippen LogP contribution in [0, 0.1) is 5.82 Å². The topological polar surface area (TPSA) is 32.3 Å². The Labute approximate surface area is 116 Å². The highest BCUT2D eigenvalue weighted by atomic mass is 32.1. The third kappa shape index (κ3) is 4.42. The van der Waals surface area contributed by atoms with Gasteiger partial charge in [0.1, 0.15) is 5.82 Å². The summed E-state index contributed by atoms with van der Waals surface area (Å²) < 4.78 is 12.8. The van der Waals surface area contributed by atoms with E-state index < -0.39 is 6.10 Å². The van der Waals surface area contributed by atoms with E-state index in [4.69, 9.17) is 0 Å². The maximum absolute atomic E-state index is 12.8. The fourth-order valence-corrected chi connectivity index (χ4v) is 2.65. The van der Waals surface area contributed by atoms with Gasteiger partial charge in [-0.3, -0.25) is 0 Å². The van der Waals surface area contributed by atoms with Gasteiger partial charge in [-0.15, -0.1) is 0 Å². The van der Waals surface area contributed by atoms with Crippen molar-refractivity contribution in [3.8, 4) is 0 Å². The first-order valence-electron chi connectivity index (χ1n) is 6.33. The number of hydrogen-bond donors (Lipinski definition) is 2. The van der Waals surface area contributed by atoms with E-state index in [9.17, 15) is 9.50 Å². The van der Waals surface area contributed by atoms with Gasteiger partial charge in [0.25, 0.3) is 0 Å². The molecule has 2 atom stereocenters. The molecule has 4 heteroatoms. The molecule has 0 aliphatic heterocycles. The molecule has 0 aliphatic rings. The first kappa shape index (κ1) is 14.2. The number of rotatable bonds is 6. The van der Waals surface area contributed by atoms with Crippen LogP contribution in [0.25, 0.3) is 0 Å². The van der Waals surface area contributed by atoms with Crippen molar-refractivity contribution in [3.63, 3.8) is 0 Å². The van der Waals surface area contributed by atoms with Gasteiger partial charge in [-0.05, 0) is 53.4 Å². The van der Waals surface area contributed by atoms with Gasteiger partial charge in [-0.2, -0.15) is 11.3 Å². The molecule has 2 aromatic rings. The van der Waals surface area contributed by atoms with Gasteiger partial charge < -0.3 is 10.4 Å². The zero-order chi connectivity index (χ0) is 13.7. The number of benzene rings is 1. The molecular weight excluding hydrogens is 261 g/mol. The zero-order valence-corrected chi connectivity index (χ0v) is 11.7. The van der Waals surface area contributed by atoms with Crippen LogP contribution in [-0.2, 0) is 6.42 Å². The first-order chi connectivity index (χ1) is 9.15. The van der Waals surface area contributed by atoms with Crippen LogP contribution in [0.3, 0.4) is 0 Å². The molecule has 0 saturated carbocycles. The Balaban J connectivity index is 1.78. The van der Waals surface area contributed by atoms with Gasteiger partial charge in [-0.1, -0.05) is 12.1 Å². The van der Waals surface area contributed by atoms with Crippen LogP contribution in [-0.4, -0.2) is 17.7 Å². The maximum Gasteiger partial charge on any atom is 0.123 e. The number of thiophene rings is 1. The maximum atomic E-state index is 12.8. The second kappa shape index (κ2) is 6.80. The van der Waals surface area contributed by atoms with E-state index in [-0.39, 0.29) is 11.9 Å². The van der Waals surface area contributed by atoms with Gasteiger partial charge in [0.2, 0.25) is 0 Å². The Morgan fingerprint density at radius 3 is 2.63 bits per heavy atom. The number of hydrogen-bond acceptors (Lipinski definition) is 3. The molecule has 0 saturated heterocycles. The van der Waals surface area contributed by atoms with Crippen molar-refractivity contribution in [3.05, 3.63) is 58.0 Å². The lowest BCUT2D eigenvalue weighted by molar-refractivity contribution is 0.171. The molecule has 1 aromatic carbocycles. The molecule has 0 bridgehead atoms. The monoisotopic (exact) mass is 279 g/mol. The Morgan fingerprint density at radius 1 is 1.26 bits per heavy atom. The summed E-state index contributed by atoms with van der Waals surface area (Å²) in [6, 6.07) is 8.70. The molecule has 1 heterocycles. The second-order valence-electron chi connectivity index (χ2n) is 4.71. The van der Waals surface area contributed by atoms with Crippen molar-refractivity contribution in [2.75, 3.05) is 6.54 Å². The fraction of sp³-hybridized carbons (Fsp3) is 0.333. The summed E-state index contributed by atoms with van der Waals surface area (Å²) in [5.74, 6) is -0.211. The SMILES string of the molecule is C[C@H](Cc1ccc(F)cc1)NC[C@H](O)c1ccsc1. The van der Waals surface area contributed by atoms with E-state index >= 15 is 0 Å². The van der Waals surface area contributed by atoms with Gasteiger partial charge in [0.05, 0.1) is 6.10 Å². The molecule has 0 radical (unpaired) electrons. The van der Waals surface area contributed by atoms with E-state index in [1.54, 1.807) is 23.5 Å². The summed E-state index contributed by atoms with van der Waals surface area (Å²) in [4.78, 5) is 0. The van der Waals surface area contributed by atoms with Crippen molar-refractivity contribution in [2.24, 2.45) is 0 Å². The van der Waals surface area contributed by atoms with Crippen LogP contribution in [0.5, 0.6) is 0 Å². The number of halogens is 1. The minimum atomic E-state index is -0.470. The summed E-state index contributed by atoms with van der Waals surface area (Å²) in [7, 11) is 0. The highest BCUT2D eigenvalue weighted by molar-refractivity contribution is 7.07. The lowest BCUT2D eigenvalue weighted by atomic mass is 10.1. The van der Waals surface area contributed by atoms with Crippen LogP contribution in [0.1, 0.15) is 24.2 Å². The first-order valence-corrected chi connectivity index (χ1v) is 7.27. The van der Waals surface area contributed by atoms with E-state index in [1.807, 2.05) is 16.8 Å². The van der Waals surface area contributed by atoms with Gasteiger partial charge in [0.15, 0.2) is 0 Å². The Hall–Kier alpha value is -1.23. The average molecular weight is 279 g/mol. The summed E-state index contributed by atoms with van der Waals surface area (Å²) in [5.41, 5.74) is 2.04. The predicted molar refractivity (Wildman–Crippen MR) is 76.8 cm³/mol. The molecular formula is C15H18FNOS. The molecule has 19 heavy (non-hydrogen) atoms. The lowest BCUT2D eigenvalue weighted by Crippen LogP contribution is -2.31.